The predicted octanol–water partition coefficient (Wildman–Crippen LogP) is 1.92. The van der Waals surface area contributed by atoms with Gasteiger partial charge in [-0.1, -0.05) is 18.2 Å². The summed E-state index contributed by atoms with van der Waals surface area (Å²) >= 11 is 0. The van der Waals surface area contributed by atoms with Crippen LogP contribution in [0.15, 0.2) is 30.5 Å². The van der Waals surface area contributed by atoms with Crippen molar-refractivity contribution in [2.45, 2.75) is 25.8 Å². The van der Waals surface area contributed by atoms with Gasteiger partial charge in [-0.05, 0) is 25.0 Å². The van der Waals surface area contributed by atoms with Crippen molar-refractivity contribution in [3.8, 4) is 0 Å². The molecule has 0 bridgehead atoms. The molecular weight excluding hydrogens is 250 g/mol. The third-order valence-electron chi connectivity index (χ3n) is 4.00. The van der Waals surface area contributed by atoms with Crippen molar-refractivity contribution < 1.29 is 4.79 Å². The number of benzene rings is 1. The quantitative estimate of drug-likeness (QED) is 0.896. The molecule has 0 unspecified atom stereocenters. The molecule has 0 aliphatic carbocycles. The Bertz CT molecular complexity index is 605. The van der Waals surface area contributed by atoms with Gasteiger partial charge < -0.3 is 15.2 Å². The summed E-state index contributed by atoms with van der Waals surface area (Å²) < 4.78 is 0. The molecule has 1 aliphatic heterocycles. The van der Waals surface area contributed by atoms with E-state index >= 15 is 0 Å². The summed E-state index contributed by atoms with van der Waals surface area (Å²) in [4.78, 5) is 17.5. The number of carbonyl (C=O) groups excluding carboxylic acids is 1. The molecule has 4 nitrogen and oxygen atoms in total. The number of carbonyl (C=O) groups is 1. The second-order valence-corrected chi connectivity index (χ2v) is 5.55. The average Bonchev–Trinajstić information content (AvgIpc) is 2.88. The summed E-state index contributed by atoms with van der Waals surface area (Å²) in [6, 6.07) is 8.65. The van der Waals surface area contributed by atoms with Gasteiger partial charge >= 0.3 is 0 Å². The van der Waals surface area contributed by atoms with Crippen molar-refractivity contribution in [3.05, 3.63) is 36.0 Å². The van der Waals surface area contributed by atoms with Crippen LogP contribution in [0.25, 0.3) is 10.9 Å². The zero-order chi connectivity index (χ0) is 13.9. The number of hydrogen-bond donors (Lipinski definition) is 2. The number of fused-ring (bicyclic) bond motifs is 1. The molecule has 2 N–H and O–H groups in total. The van der Waals surface area contributed by atoms with Crippen molar-refractivity contribution in [2.24, 2.45) is 0 Å². The first-order valence-corrected chi connectivity index (χ1v) is 7.30. The Labute approximate surface area is 119 Å². The maximum absolute atomic E-state index is 12.3. The van der Waals surface area contributed by atoms with E-state index in [1.165, 1.54) is 10.9 Å². The van der Waals surface area contributed by atoms with E-state index in [0.29, 0.717) is 12.5 Å². The fraction of sp³-hybridized carbons (Fsp3) is 0.438. The van der Waals surface area contributed by atoms with Crippen molar-refractivity contribution in [1.82, 2.24) is 15.2 Å². The molecular formula is C16H21N3O. The highest BCUT2D eigenvalue weighted by atomic mass is 16.2. The first kappa shape index (κ1) is 13.2. The largest absolute Gasteiger partial charge is 0.361 e. The van der Waals surface area contributed by atoms with Gasteiger partial charge in [-0.3, -0.25) is 4.79 Å². The Morgan fingerprint density at radius 3 is 3.10 bits per heavy atom. The molecule has 1 aromatic carbocycles. The van der Waals surface area contributed by atoms with Crippen molar-refractivity contribution in [1.29, 1.82) is 0 Å². The van der Waals surface area contributed by atoms with Gasteiger partial charge in [0.1, 0.15) is 0 Å². The maximum Gasteiger partial charge on any atom is 0.222 e. The highest BCUT2D eigenvalue weighted by molar-refractivity contribution is 5.84. The number of piperazine rings is 1. The Balaban J connectivity index is 1.63. The first-order chi connectivity index (χ1) is 9.74. The zero-order valence-electron chi connectivity index (χ0n) is 11.9. The number of H-pyrrole nitrogens is 1. The minimum absolute atomic E-state index is 0.267. The van der Waals surface area contributed by atoms with Gasteiger partial charge in [0, 0.05) is 49.2 Å². The van der Waals surface area contributed by atoms with E-state index in [4.69, 9.17) is 0 Å². The number of aromatic nitrogens is 1. The van der Waals surface area contributed by atoms with E-state index < -0.39 is 0 Å². The number of rotatable bonds is 3. The van der Waals surface area contributed by atoms with Gasteiger partial charge in [0.15, 0.2) is 0 Å². The lowest BCUT2D eigenvalue weighted by atomic mass is 10.1. The van der Waals surface area contributed by atoms with Crippen LogP contribution in [-0.2, 0) is 11.2 Å². The van der Waals surface area contributed by atoms with Crippen molar-refractivity contribution in [3.63, 3.8) is 0 Å². The summed E-state index contributed by atoms with van der Waals surface area (Å²) in [6.45, 7) is 4.68. The molecule has 0 spiro atoms. The molecule has 3 rings (SSSR count). The number of aromatic amines is 1. The second kappa shape index (κ2) is 5.67. The van der Waals surface area contributed by atoms with E-state index in [-0.39, 0.29) is 5.91 Å². The summed E-state index contributed by atoms with van der Waals surface area (Å²) in [5.74, 6) is 0.267. The number of amides is 1. The lowest BCUT2D eigenvalue weighted by molar-refractivity contribution is -0.132. The topological polar surface area (TPSA) is 48.1 Å². The molecule has 1 amide bonds. The zero-order valence-corrected chi connectivity index (χ0v) is 11.9. The smallest absolute Gasteiger partial charge is 0.222 e. The molecule has 1 aromatic heterocycles. The Morgan fingerprint density at radius 2 is 2.25 bits per heavy atom. The van der Waals surface area contributed by atoms with Crippen LogP contribution >= 0.6 is 0 Å². The van der Waals surface area contributed by atoms with E-state index in [9.17, 15) is 4.79 Å². The third kappa shape index (κ3) is 2.70. The SMILES string of the molecule is C[C@H]1CN(C(=O)CCc2c[nH]c3ccccc23)CCN1. The van der Waals surface area contributed by atoms with Gasteiger partial charge in [0.05, 0.1) is 0 Å². The van der Waals surface area contributed by atoms with Crippen molar-refractivity contribution >= 4 is 16.8 Å². The summed E-state index contributed by atoms with van der Waals surface area (Å²) in [7, 11) is 0. The lowest BCUT2D eigenvalue weighted by Gasteiger charge is -2.32. The molecule has 0 radical (unpaired) electrons. The van der Waals surface area contributed by atoms with Gasteiger partial charge in [0.2, 0.25) is 5.91 Å². The molecule has 1 atom stereocenters. The first-order valence-electron chi connectivity index (χ1n) is 7.30. The van der Waals surface area contributed by atoms with Crippen molar-refractivity contribution in [2.75, 3.05) is 19.6 Å². The normalized spacial score (nSPS) is 19.4. The average molecular weight is 271 g/mol. The maximum atomic E-state index is 12.3. The number of nitrogens with one attached hydrogen (secondary N) is 2. The molecule has 1 fully saturated rings. The molecule has 1 saturated heterocycles. The third-order valence-corrected chi connectivity index (χ3v) is 4.00. The summed E-state index contributed by atoms with van der Waals surface area (Å²) in [6.07, 6.45) is 3.42. The van der Waals surface area contributed by atoms with Crippen LogP contribution in [0.3, 0.4) is 0 Å². The van der Waals surface area contributed by atoms with Gasteiger partial charge in [-0.15, -0.1) is 0 Å². The molecule has 1 aliphatic rings. The van der Waals surface area contributed by atoms with E-state index in [0.717, 1.165) is 31.6 Å². The van der Waals surface area contributed by atoms with E-state index in [1.54, 1.807) is 0 Å². The minimum Gasteiger partial charge on any atom is -0.361 e. The van der Waals surface area contributed by atoms with Crippen LogP contribution in [-0.4, -0.2) is 41.5 Å². The summed E-state index contributed by atoms with van der Waals surface area (Å²) in [5.41, 5.74) is 2.38. The van der Waals surface area contributed by atoms with Crippen LogP contribution in [0, 0.1) is 0 Å². The fourth-order valence-electron chi connectivity index (χ4n) is 2.90. The number of aryl methyl sites for hydroxylation is 1. The Hall–Kier alpha value is -1.81. The molecule has 106 valence electrons. The number of para-hydroxylation sites is 1. The molecule has 2 heterocycles. The van der Waals surface area contributed by atoms with Crippen LogP contribution < -0.4 is 5.32 Å². The Morgan fingerprint density at radius 1 is 1.40 bits per heavy atom. The minimum atomic E-state index is 0.267. The standard InChI is InChI=1S/C16H21N3O/c1-12-11-19(9-8-17-12)16(20)7-6-13-10-18-15-5-3-2-4-14(13)15/h2-5,10,12,17-18H,6-9,11H2,1H3/t12-/m0/s1. The van der Waals surface area contributed by atoms with Crippen LogP contribution in [0.2, 0.25) is 0 Å². The fourth-order valence-corrected chi connectivity index (χ4v) is 2.90. The highest BCUT2D eigenvalue weighted by Gasteiger charge is 2.20. The van der Waals surface area contributed by atoms with Crippen LogP contribution in [0.1, 0.15) is 18.9 Å². The van der Waals surface area contributed by atoms with Crippen LogP contribution in [0.4, 0.5) is 0 Å². The monoisotopic (exact) mass is 271 g/mol. The Kier molecular flexibility index (Phi) is 3.74. The molecule has 20 heavy (non-hydrogen) atoms. The number of nitrogens with zero attached hydrogens (tertiary/aromatic N) is 1. The van der Waals surface area contributed by atoms with E-state index in [2.05, 4.69) is 29.4 Å². The molecule has 4 heteroatoms. The van der Waals surface area contributed by atoms with Gasteiger partial charge in [-0.25, -0.2) is 0 Å². The predicted molar refractivity (Wildman–Crippen MR) is 80.7 cm³/mol. The van der Waals surface area contributed by atoms with Gasteiger partial charge in [0.25, 0.3) is 0 Å². The molecule has 2 aromatic rings. The van der Waals surface area contributed by atoms with E-state index in [1.807, 2.05) is 23.2 Å². The van der Waals surface area contributed by atoms with Crippen LogP contribution in [0.5, 0.6) is 0 Å². The molecule has 0 saturated carbocycles. The highest BCUT2D eigenvalue weighted by Crippen LogP contribution is 2.19. The lowest BCUT2D eigenvalue weighted by Crippen LogP contribution is -2.51. The number of hydrogen-bond acceptors (Lipinski definition) is 2. The summed E-state index contributed by atoms with van der Waals surface area (Å²) in [5, 5.41) is 4.59. The second-order valence-electron chi connectivity index (χ2n) is 5.55. The van der Waals surface area contributed by atoms with Gasteiger partial charge in [-0.2, -0.15) is 0 Å².